The Morgan fingerprint density at radius 2 is 1.63 bits per heavy atom. The topological polar surface area (TPSA) is 35.2 Å². The molecule has 1 saturated carbocycles. The van der Waals surface area contributed by atoms with Crippen molar-refractivity contribution in [3.8, 4) is 5.75 Å². The zero-order chi connectivity index (χ0) is 13.2. The van der Waals surface area contributed by atoms with E-state index >= 15 is 0 Å². The quantitative estimate of drug-likeness (QED) is 0.907. The van der Waals surface area contributed by atoms with Crippen LogP contribution in [0.3, 0.4) is 0 Å². The van der Waals surface area contributed by atoms with Gasteiger partial charge >= 0.3 is 6.36 Å². The van der Waals surface area contributed by atoms with E-state index in [9.17, 15) is 13.2 Å². The molecule has 0 saturated heterocycles. The van der Waals surface area contributed by atoms with Gasteiger partial charge in [-0.25, -0.2) is 0 Å². The molecular weight excluding hydrogens is 279 g/mol. The van der Waals surface area contributed by atoms with Gasteiger partial charge in [-0.05, 0) is 36.5 Å². The Hall–Kier alpha value is -0.940. The van der Waals surface area contributed by atoms with Gasteiger partial charge < -0.3 is 10.5 Å². The maximum Gasteiger partial charge on any atom is 0.573 e. The predicted molar refractivity (Wildman–Crippen MR) is 69.3 cm³/mol. The highest BCUT2D eigenvalue weighted by molar-refractivity contribution is 5.85. The van der Waals surface area contributed by atoms with Gasteiger partial charge in [-0.2, -0.15) is 0 Å². The van der Waals surface area contributed by atoms with Crippen molar-refractivity contribution in [2.45, 2.75) is 38.1 Å². The average molecular weight is 296 g/mol. The van der Waals surface area contributed by atoms with E-state index in [1.165, 1.54) is 25.0 Å². The van der Waals surface area contributed by atoms with Crippen molar-refractivity contribution in [2.24, 2.45) is 11.7 Å². The summed E-state index contributed by atoms with van der Waals surface area (Å²) in [5.41, 5.74) is 6.99. The molecule has 0 heterocycles. The molecule has 2 nitrogen and oxygen atoms in total. The van der Waals surface area contributed by atoms with E-state index in [2.05, 4.69) is 4.74 Å². The van der Waals surface area contributed by atoms with E-state index in [-0.39, 0.29) is 24.2 Å². The molecular formula is C13H17ClF3NO. The molecule has 1 aromatic carbocycles. The second-order valence-corrected chi connectivity index (χ2v) is 4.69. The second kappa shape index (κ2) is 6.48. The fraction of sp³-hybridized carbons (Fsp3) is 0.538. The molecule has 2 N–H and O–H groups in total. The van der Waals surface area contributed by atoms with Crippen LogP contribution in [0.15, 0.2) is 24.3 Å². The number of halogens is 4. The van der Waals surface area contributed by atoms with Crippen LogP contribution in [0.4, 0.5) is 13.2 Å². The van der Waals surface area contributed by atoms with Crippen LogP contribution in [0.2, 0.25) is 0 Å². The van der Waals surface area contributed by atoms with E-state index in [1.807, 2.05) is 0 Å². The van der Waals surface area contributed by atoms with Gasteiger partial charge in [0.2, 0.25) is 0 Å². The molecule has 6 heteroatoms. The number of alkyl halides is 3. The van der Waals surface area contributed by atoms with E-state index in [1.54, 1.807) is 12.1 Å². The predicted octanol–water partition coefficient (Wildman–Crippen LogP) is 4.20. The van der Waals surface area contributed by atoms with Crippen LogP contribution >= 0.6 is 12.4 Å². The van der Waals surface area contributed by atoms with Gasteiger partial charge in [-0.15, -0.1) is 25.6 Å². The van der Waals surface area contributed by atoms with Gasteiger partial charge in [-0.3, -0.25) is 0 Å². The molecule has 2 rings (SSSR count). The van der Waals surface area contributed by atoms with Crippen LogP contribution in [0.1, 0.15) is 37.3 Å². The highest BCUT2D eigenvalue weighted by atomic mass is 35.5. The first-order valence-corrected chi connectivity index (χ1v) is 6.07. The smallest absolute Gasteiger partial charge is 0.406 e. The van der Waals surface area contributed by atoms with Gasteiger partial charge in [0.25, 0.3) is 0 Å². The molecule has 1 fully saturated rings. The van der Waals surface area contributed by atoms with Crippen molar-refractivity contribution in [3.63, 3.8) is 0 Å². The first-order chi connectivity index (χ1) is 8.46. The fourth-order valence-electron chi connectivity index (χ4n) is 2.48. The van der Waals surface area contributed by atoms with Crippen LogP contribution < -0.4 is 10.5 Å². The van der Waals surface area contributed by atoms with Crippen LogP contribution in [-0.2, 0) is 0 Å². The molecule has 0 amide bonds. The van der Waals surface area contributed by atoms with Crippen molar-refractivity contribution in [2.75, 3.05) is 0 Å². The van der Waals surface area contributed by atoms with Crippen molar-refractivity contribution >= 4 is 12.4 Å². The lowest BCUT2D eigenvalue weighted by Crippen LogP contribution is -2.19. The maximum atomic E-state index is 12.0. The van der Waals surface area contributed by atoms with E-state index in [4.69, 9.17) is 5.73 Å². The average Bonchev–Trinajstić information content (AvgIpc) is 2.80. The van der Waals surface area contributed by atoms with E-state index < -0.39 is 6.36 Å². The van der Waals surface area contributed by atoms with Crippen molar-refractivity contribution in [1.82, 2.24) is 0 Å². The number of ether oxygens (including phenoxy) is 1. The molecule has 0 aromatic heterocycles. The lowest BCUT2D eigenvalue weighted by atomic mass is 9.92. The minimum absolute atomic E-state index is 0. The Kier molecular flexibility index (Phi) is 5.50. The Morgan fingerprint density at radius 3 is 2.11 bits per heavy atom. The van der Waals surface area contributed by atoms with E-state index in [0.29, 0.717) is 5.92 Å². The molecule has 19 heavy (non-hydrogen) atoms. The minimum atomic E-state index is -4.64. The van der Waals surface area contributed by atoms with E-state index in [0.717, 1.165) is 18.4 Å². The van der Waals surface area contributed by atoms with Crippen LogP contribution in [0.5, 0.6) is 5.75 Å². The zero-order valence-electron chi connectivity index (χ0n) is 10.3. The SMILES string of the molecule is Cl.N[C@H](c1ccc(OC(F)(F)F)cc1)C1CCCC1. The summed E-state index contributed by atoms with van der Waals surface area (Å²) in [4.78, 5) is 0. The Labute approximate surface area is 116 Å². The minimum Gasteiger partial charge on any atom is -0.406 e. The first kappa shape index (κ1) is 16.1. The lowest BCUT2D eigenvalue weighted by molar-refractivity contribution is -0.274. The van der Waals surface area contributed by atoms with Crippen molar-refractivity contribution in [3.05, 3.63) is 29.8 Å². The molecule has 0 unspecified atom stereocenters. The summed E-state index contributed by atoms with van der Waals surface area (Å²) < 4.78 is 39.8. The molecule has 1 aromatic rings. The van der Waals surface area contributed by atoms with Crippen molar-refractivity contribution < 1.29 is 17.9 Å². The maximum absolute atomic E-state index is 12.0. The second-order valence-electron chi connectivity index (χ2n) is 4.69. The fourth-order valence-corrected chi connectivity index (χ4v) is 2.48. The normalized spacial score (nSPS) is 17.9. The largest absolute Gasteiger partial charge is 0.573 e. The molecule has 0 aliphatic heterocycles. The first-order valence-electron chi connectivity index (χ1n) is 6.07. The standard InChI is InChI=1S/C13H16F3NO.ClH/c14-13(15,16)18-11-7-5-10(6-8-11)12(17)9-3-1-2-4-9;/h5-9,12H,1-4,17H2;1H/t12-;/m0./s1. The van der Waals surface area contributed by atoms with Crippen LogP contribution in [0.25, 0.3) is 0 Å². The molecule has 0 radical (unpaired) electrons. The summed E-state index contributed by atoms with van der Waals surface area (Å²) >= 11 is 0. The molecule has 1 atom stereocenters. The van der Waals surface area contributed by atoms with Crippen molar-refractivity contribution in [1.29, 1.82) is 0 Å². The molecule has 1 aliphatic carbocycles. The number of rotatable bonds is 3. The zero-order valence-corrected chi connectivity index (χ0v) is 11.1. The van der Waals surface area contributed by atoms with Crippen LogP contribution in [0, 0.1) is 5.92 Å². The molecule has 1 aliphatic rings. The Bertz CT molecular complexity index is 388. The van der Waals surface area contributed by atoms with Gasteiger partial charge in [0.1, 0.15) is 5.75 Å². The molecule has 108 valence electrons. The number of hydrogen-bond acceptors (Lipinski definition) is 2. The van der Waals surface area contributed by atoms with Crippen LogP contribution in [-0.4, -0.2) is 6.36 Å². The highest BCUT2D eigenvalue weighted by Gasteiger charge is 2.31. The summed E-state index contributed by atoms with van der Waals surface area (Å²) in [6, 6.07) is 5.77. The highest BCUT2D eigenvalue weighted by Crippen LogP contribution is 2.34. The molecule has 0 bridgehead atoms. The third kappa shape index (κ3) is 4.58. The number of hydrogen-bond donors (Lipinski definition) is 1. The van der Waals surface area contributed by atoms with Gasteiger partial charge in [0.15, 0.2) is 0 Å². The van der Waals surface area contributed by atoms with Gasteiger partial charge in [0.05, 0.1) is 0 Å². The Balaban J connectivity index is 0.00000180. The monoisotopic (exact) mass is 295 g/mol. The third-order valence-electron chi connectivity index (χ3n) is 3.41. The van der Waals surface area contributed by atoms with Gasteiger partial charge in [0, 0.05) is 6.04 Å². The Morgan fingerprint density at radius 1 is 1.11 bits per heavy atom. The summed E-state index contributed by atoms with van der Waals surface area (Å²) in [6.45, 7) is 0. The third-order valence-corrected chi connectivity index (χ3v) is 3.41. The lowest BCUT2D eigenvalue weighted by Gasteiger charge is -2.19. The summed E-state index contributed by atoms with van der Waals surface area (Å²) in [6.07, 6.45) is -0.0692. The summed E-state index contributed by atoms with van der Waals surface area (Å²) in [5, 5.41) is 0. The number of benzene rings is 1. The van der Waals surface area contributed by atoms with Gasteiger partial charge in [-0.1, -0.05) is 25.0 Å². The number of nitrogens with two attached hydrogens (primary N) is 1. The summed E-state index contributed by atoms with van der Waals surface area (Å²) in [7, 11) is 0. The summed E-state index contributed by atoms with van der Waals surface area (Å²) in [5.74, 6) is 0.240. The molecule has 0 spiro atoms.